The zero-order valence-electron chi connectivity index (χ0n) is 13.9. The molecule has 0 unspecified atom stereocenters. The van der Waals surface area contributed by atoms with Crippen molar-refractivity contribution in [2.45, 2.75) is 32.7 Å². The largest absolute Gasteiger partial charge is 0.328 e. The lowest BCUT2D eigenvalue weighted by Crippen LogP contribution is -2.31. The van der Waals surface area contributed by atoms with Crippen LogP contribution in [0.1, 0.15) is 46.2 Å². The summed E-state index contributed by atoms with van der Waals surface area (Å²) in [7, 11) is 0. The van der Waals surface area contributed by atoms with Crippen molar-refractivity contribution in [3.63, 3.8) is 0 Å². The molecule has 3 heterocycles. The number of amides is 1. The fourth-order valence-corrected chi connectivity index (χ4v) is 3.41. The van der Waals surface area contributed by atoms with Gasteiger partial charge in [-0.05, 0) is 62.1 Å². The zero-order valence-corrected chi connectivity index (χ0v) is 13.9. The summed E-state index contributed by atoms with van der Waals surface area (Å²) >= 11 is 0. The standard InChI is InChI=1S/C19H20N4O/c1-13-8-9-15(12-14(13)2)19(24)22-11-5-6-16(22)18-21-20-17-7-3-4-10-23(17)18/h3-4,7-10,12,16H,5-6,11H2,1-2H3/t16-/m1/s1. The number of benzene rings is 1. The maximum absolute atomic E-state index is 13.0. The first-order valence-corrected chi connectivity index (χ1v) is 8.33. The van der Waals surface area contributed by atoms with Crippen LogP contribution in [0.2, 0.25) is 0 Å². The lowest BCUT2D eigenvalue weighted by molar-refractivity contribution is 0.0729. The molecule has 0 radical (unpaired) electrons. The minimum Gasteiger partial charge on any atom is -0.328 e. The van der Waals surface area contributed by atoms with Gasteiger partial charge in [-0.1, -0.05) is 12.1 Å². The summed E-state index contributed by atoms with van der Waals surface area (Å²) < 4.78 is 1.98. The van der Waals surface area contributed by atoms with Crippen LogP contribution in [0, 0.1) is 13.8 Å². The van der Waals surface area contributed by atoms with Crippen LogP contribution >= 0.6 is 0 Å². The van der Waals surface area contributed by atoms with Gasteiger partial charge in [0, 0.05) is 18.3 Å². The van der Waals surface area contributed by atoms with Gasteiger partial charge in [0.05, 0.1) is 6.04 Å². The van der Waals surface area contributed by atoms with Gasteiger partial charge in [-0.2, -0.15) is 0 Å². The molecule has 1 fully saturated rings. The smallest absolute Gasteiger partial charge is 0.254 e. The molecule has 0 spiro atoms. The maximum Gasteiger partial charge on any atom is 0.254 e. The highest BCUT2D eigenvalue weighted by Crippen LogP contribution is 2.32. The molecule has 1 aliphatic heterocycles. The molecule has 3 aromatic rings. The van der Waals surface area contributed by atoms with Crippen molar-refractivity contribution in [2.75, 3.05) is 6.54 Å². The molecule has 0 saturated carbocycles. The average Bonchev–Trinajstić information content (AvgIpc) is 3.22. The van der Waals surface area contributed by atoms with Crippen molar-refractivity contribution in [3.05, 3.63) is 65.1 Å². The Morgan fingerprint density at radius 1 is 1.12 bits per heavy atom. The molecule has 1 aliphatic rings. The third kappa shape index (κ3) is 2.37. The number of nitrogens with zero attached hydrogens (tertiary/aromatic N) is 4. The average molecular weight is 320 g/mol. The van der Waals surface area contributed by atoms with Crippen LogP contribution in [0.4, 0.5) is 0 Å². The molecule has 1 amide bonds. The molecule has 1 atom stereocenters. The Bertz CT molecular complexity index is 915. The molecule has 1 saturated heterocycles. The van der Waals surface area contributed by atoms with E-state index in [1.165, 1.54) is 5.56 Å². The van der Waals surface area contributed by atoms with Crippen LogP contribution in [0.3, 0.4) is 0 Å². The molecule has 4 rings (SSSR count). The van der Waals surface area contributed by atoms with Crippen molar-refractivity contribution < 1.29 is 4.79 Å². The van der Waals surface area contributed by atoms with Crippen molar-refractivity contribution in [1.29, 1.82) is 0 Å². The second-order valence-corrected chi connectivity index (χ2v) is 6.44. The van der Waals surface area contributed by atoms with Crippen molar-refractivity contribution in [3.8, 4) is 0 Å². The molecule has 0 N–H and O–H groups in total. The summed E-state index contributed by atoms with van der Waals surface area (Å²) in [6.45, 7) is 4.86. The maximum atomic E-state index is 13.0. The SMILES string of the molecule is Cc1ccc(C(=O)N2CCC[C@@H]2c2nnc3ccccn23)cc1C. The van der Waals surface area contributed by atoms with E-state index < -0.39 is 0 Å². The van der Waals surface area contributed by atoms with Crippen LogP contribution in [0.25, 0.3) is 5.65 Å². The summed E-state index contributed by atoms with van der Waals surface area (Å²) in [5, 5.41) is 8.58. The van der Waals surface area contributed by atoms with Crippen LogP contribution in [0.5, 0.6) is 0 Å². The van der Waals surface area contributed by atoms with Gasteiger partial charge < -0.3 is 4.90 Å². The number of pyridine rings is 1. The number of hydrogen-bond acceptors (Lipinski definition) is 3. The summed E-state index contributed by atoms with van der Waals surface area (Å²) in [5.41, 5.74) is 3.91. The number of fused-ring (bicyclic) bond motifs is 1. The number of likely N-dealkylation sites (tertiary alicyclic amines) is 1. The van der Waals surface area contributed by atoms with Crippen LogP contribution in [0.15, 0.2) is 42.6 Å². The highest BCUT2D eigenvalue weighted by Gasteiger charge is 2.33. The number of aryl methyl sites for hydroxylation is 2. The fraction of sp³-hybridized carbons (Fsp3) is 0.316. The summed E-state index contributed by atoms with van der Waals surface area (Å²) in [5.74, 6) is 0.925. The molecule has 5 heteroatoms. The van der Waals surface area contributed by atoms with E-state index in [1.54, 1.807) is 0 Å². The lowest BCUT2D eigenvalue weighted by atomic mass is 10.1. The van der Waals surface area contributed by atoms with E-state index in [-0.39, 0.29) is 11.9 Å². The predicted molar refractivity (Wildman–Crippen MR) is 91.9 cm³/mol. The number of aromatic nitrogens is 3. The van der Waals surface area contributed by atoms with Gasteiger partial charge in [-0.25, -0.2) is 0 Å². The van der Waals surface area contributed by atoms with Gasteiger partial charge in [0.2, 0.25) is 0 Å². The van der Waals surface area contributed by atoms with Crippen LogP contribution in [-0.4, -0.2) is 31.9 Å². The fourth-order valence-electron chi connectivity index (χ4n) is 3.41. The van der Waals surface area contributed by atoms with Gasteiger partial charge in [-0.3, -0.25) is 9.20 Å². The van der Waals surface area contributed by atoms with Gasteiger partial charge in [0.25, 0.3) is 5.91 Å². The van der Waals surface area contributed by atoms with Crippen molar-refractivity contribution in [2.24, 2.45) is 0 Å². The molecule has 0 bridgehead atoms. The van der Waals surface area contributed by atoms with Crippen LogP contribution < -0.4 is 0 Å². The van der Waals surface area contributed by atoms with E-state index in [2.05, 4.69) is 17.1 Å². The second-order valence-electron chi connectivity index (χ2n) is 6.44. The van der Waals surface area contributed by atoms with E-state index in [0.717, 1.165) is 42.0 Å². The molecular weight excluding hydrogens is 300 g/mol. The Labute approximate surface area is 140 Å². The zero-order chi connectivity index (χ0) is 16.7. The van der Waals surface area contributed by atoms with Gasteiger partial charge >= 0.3 is 0 Å². The van der Waals surface area contributed by atoms with E-state index in [9.17, 15) is 4.79 Å². The lowest BCUT2D eigenvalue weighted by Gasteiger charge is -2.24. The van der Waals surface area contributed by atoms with E-state index in [0.29, 0.717) is 0 Å². The highest BCUT2D eigenvalue weighted by atomic mass is 16.2. The Hall–Kier alpha value is -2.69. The third-order valence-corrected chi connectivity index (χ3v) is 4.91. The molecule has 0 aliphatic carbocycles. The highest BCUT2D eigenvalue weighted by molar-refractivity contribution is 5.95. The first-order valence-electron chi connectivity index (χ1n) is 8.33. The second kappa shape index (κ2) is 5.74. The third-order valence-electron chi connectivity index (χ3n) is 4.91. The van der Waals surface area contributed by atoms with Crippen LogP contribution in [-0.2, 0) is 0 Å². The molecular formula is C19H20N4O. The summed E-state index contributed by atoms with van der Waals surface area (Å²) in [4.78, 5) is 15.0. The first-order chi connectivity index (χ1) is 11.6. The quantitative estimate of drug-likeness (QED) is 0.728. The van der Waals surface area contributed by atoms with E-state index in [1.807, 2.05) is 58.8 Å². The van der Waals surface area contributed by atoms with E-state index >= 15 is 0 Å². The molecule has 5 nitrogen and oxygen atoms in total. The van der Waals surface area contributed by atoms with Crippen molar-refractivity contribution >= 4 is 11.6 Å². The monoisotopic (exact) mass is 320 g/mol. The Kier molecular flexibility index (Phi) is 3.56. The predicted octanol–water partition coefficient (Wildman–Crippen LogP) is 3.32. The summed E-state index contributed by atoms with van der Waals surface area (Å²) in [6.07, 6.45) is 3.87. The molecule has 24 heavy (non-hydrogen) atoms. The minimum atomic E-state index is -0.0171. The topological polar surface area (TPSA) is 50.5 Å². The first kappa shape index (κ1) is 14.9. The Balaban J connectivity index is 1.69. The molecule has 2 aromatic heterocycles. The number of carbonyl (C=O) groups excluding carboxylic acids is 1. The number of rotatable bonds is 2. The van der Waals surface area contributed by atoms with Gasteiger partial charge in [-0.15, -0.1) is 10.2 Å². The molecule has 1 aromatic carbocycles. The number of carbonyl (C=O) groups is 1. The van der Waals surface area contributed by atoms with Crippen molar-refractivity contribution in [1.82, 2.24) is 19.5 Å². The van der Waals surface area contributed by atoms with Gasteiger partial charge in [0.15, 0.2) is 11.5 Å². The normalized spacial score (nSPS) is 17.6. The van der Waals surface area contributed by atoms with Gasteiger partial charge in [0.1, 0.15) is 0 Å². The van der Waals surface area contributed by atoms with E-state index in [4.69, 9.17) is 0 Å². The molecule has 122 valence electrons. The Morgan fingerprint density at radius 2 is 2.00 bits per heavy atom. The minimum absolute atomic E-state index is 0.0171. The summed E-state index contributed by atoms with van der Waals surface area (Å²) in [6, 6.07) is 11.7. The Morgan fingerprint density at radius 3 is 2.83 bits per heavy atom. The number of hydrogen-bond donors (Lipinski definition) is 0.